The third-order valence-electron chi connectivity index (χ3n) is 2.16. The Morgan fingerprint density at radius 3 is 2.67 bits per heavy atom. The molecule has 0 aromatic carbocycles. The number of rotatable bonds is 4. The summed E-state index contributed by atoms with van der Waals surface area (Å²) in [4.78, 5) is 4.00. The van der Waals surface area contributed by atoms with Crippen molar-refractivity contribution in [3.05, 3.63) is 28.5 Å². The fourth-order valence-electron chi connectivity index (χ4n) is 1.29. The van der Waals surface area contributed by atoms with Gasteiger partial charge >= 0.3 is 0 Å². The minimum Gasteiger partial charge on any atom is -0.390 e. The maximum atomic E-state index is 9.76. The molecule has 0 saturated carbocycles. The Labute approximate surface area is 93.7 Å². The van der Waals surface area contributed by atoms with Crippen LogP contribution in [0.15, 0.2) is 12.1 Å². The molecule has 1 heterocycles. The van der Waals surface area contributed by atoms with Crippen molar-refractivity contribution in [2.24, 2.45) is 5.73 Å². The van der Waals surface area contributed by atoms with Crippen molar-refractivity contribution in [2.45, 2.75) is 25.6 Å². The van der Waals surface area contributed by atoms with Crippen molar-refractivity contribution in [3.8, 4) is 0 Å². The standard InChI is InChI=1S/C10H15ClN2O2/c1-6-2-3-7(10(11)13-6)9(15)8(14)4-5-12/h2-3,8-9,14-15H,4-5,12H2,1H3. The lowest BCUT2D eigenvalue weighted by atomic mass is 10.0. The Bertz CT molecular complexity index is 333. The molecule has 84 valence electrons. The molecule has 1 rings (SSSR count). The molecule has 0 spiro atoms. The second-order valence-electron chi connectivity index (χ2n) is 3.42. The fraction of sp³-hybridized carbons (Fsp3) is 0.500. The number of nitrogens with two attached hydrogens (primary N) is 1. The van der Waals surface area contributed by atoms with Crippen LogP contribution in [-0.4, -0.2) is 27.8 Å². The second kappa shape index (κ2) is 5.42. The fourth-order valence-corrected chi connectivity index (χ4v) is 1.60. The van der Waals surface area contributed by atoms with E-state index in [1.165, 1.54) is 0 Å². The molecular weight excluding hydrogens is 216 g/mol. The number of hydrogen-bond acceptors (Lipinski definition) is 4. The molecule has 0 aliphatic carbocycles. The summed E-state index contributed by atoms with van der Waals surface area (Å²) in [5, 5.41) is 19.5. The van der Waals surface area contributed by atoms with Gasteiger partial charge in [-0.2, -0.15) is 0 Å². The van der Waals surface area contributed by atoms with Gasteiger partial charge in [0, 0.05) is 11.3 Å². The van der Waals surface area contributed by atoms with E-state index in [0.717, 1.165) is 5.69 Å². The molecule has 1 aromatic rings. The summed E-state index contributed by atoms with van der Waals surface area (Å²) in [6.07, 6.45) is -1.61. The van der Waals surface area contributed by atoms with E-state index in [1.54, 1.807) is 19.1 Å². The predicted molar refractivity (Wildman–Crippen MR) is 58.6 cm³/mol. The molecule has 0 radical (unpaired) electrons. The van der Waals surface area contributed by atoms with Crippen LogP contribution in [0.2, 0.25) is 5.15 Å². The van der Waals surface area contributed by atoms with Crippen LogP contribution < -0.4 is 5.73 Å². The zero-order valence-electron chi connectivity index (χ0n) is 8.52. The summed E-state index contributed by atoms with van der Waals surface area (Å²) < 4.78 is 0. The van der Waals surface area contributed by atoms with E-state index in [4.69, 9.17) is 17.3 Å². The average molecular weight is 231 g/mol. The first-order valence-electron chi connectivity index (χ1n) is 4.75. The highest BCUT2D eigenvalue weighted by molar-refractivity contribution is 6.30. The quantitative estimate of drug-likeness (QED) is 0.668. The monoisotopic (exact) mass is 230 g/mol. The summed E-state index contributed by atoms with van der Waals surface area (Å²) in [6, 6.07) is 3.40. The molecule has 2 unspecified atom stereocenters. The van der Waals surface area contributed by atoms with Crippen molar-refractivity contribution in [3.63, 3.8) is 0 Å². The number of pyridine rings is 1. The molecule has 15 heavy (non-hydrogen) atoms. The van der Waals surface area contributed by atoms with E-state index in [2.05, 4.69) is 4.98 Å². The van der Waals surface area contributed by atoms with E-state index in [1.807, 2.05) is 0 Å². The van der Waals surface area contributed by atoms with Gasteiger partial charge in [-0.05, 0) is 26.0 Å². The van der Waals surface area contributed by atoms with Gasteiger partial charge in [-0.15, -0.1) is 0 Å². The summed E-state index contributed by atoms with van der Waals surface area (Å²) in [6.45, 7) is 2.12. The molecule has 0 bridgehead atoms. The van der Waals surface area contributed by atoms with Crippen LogP contribution in [0, 0.1) is 6.92 Å². The van der Waals surface area contributed by atoms with Gasteiger partial charge in [0.2, 0.25) is 0 Å². The van der Waals surface area contributed by atoms with Gasteiger partial charge < -0.3 is 15.9 Å². The summed E-state index contributed by atoms with van der Waals surface area (Å²) >= 11 is 5.86. The third kappa shape index (κ3) is 3.14. The number of aryl methyl sites for hydroxylation is 1. The number of aliphatic hydroxyl groups excluding tert-OH is 2. The summed E-state index contributed by atoms with van der Waals surface area (Å²) in [5.41, 5.74) is 6.49. The van der Waals surface area contributed by atoms with Crippen LogP contribution >= 0.6 is 11.6 Å². The van der Waals surface area contributed by atoms with Crippen LogP contribution in [0.3, 0.4) is 0 Å². The molecule has 0 amide bonds. The lowest BCUT2D eigenvalue weighted by molar-refractivity contribution is 0.0149. The van der Waals surface area contributed by atoms with Crippen LogP contribution in [-0.2, 0) is 0 Å². The van der Waals surface area contributed by atoms with Crippen LogP contribution in [0.25, 0.3) is 0 Å². The lowest BCUT2D eigenvalue weighted by Gasteiger charge is -2.18. The van der Waals surface area contributed by atoms with Gasteiger partial charge in [-0.25, -0.2) is 4.98 Å². The molecule has 0 aliphatic rings. The smallest absolute Gasteiger partial charge is 0.135 e. The number of nitrogens with zero attached hydrogens (tertiary/aromatic N) is 1. The molecule has 0 aliphatic heterocycles. The second-order valence-corrected chi connectivity index (χ2v) is 3.78. The predicted octanol–water partition coefficient (Wildman–Crippen LogP) is 0.787. The molecule has 5 heteroatoms. The van der Waals surface area contributed by atoms with Gasteiger partial charge in [-0.3, -0.25) is 0 Å². The van der Waals surface area contributed by atoms with Gasteiger partial charge in [0.25, 0.3) is 0 Å². The molecule has 4 N–H and O–H groups in total. The van der Waals surface area contributed by atoms with Crippen molar-refractivity contribution >= 4 is 11.6 Å². The molecular formula is C10H15ClN2O2. The van der Waals surface area contributed by atoms with Crippen LogP contribution in [0.1, 0.15) is 23.8 Å². The highest BCUT2D eigenvalue weighted by Gasteiger charge is 2.20. The molecule has 0 saturated heterocycles. The minimum atomic E-state index is -1.03. The summed E-state index contributed by atoms with van der Waals surface area (Å²) in [7, 11) is 0. The van der Waals surface area contributed by atoms with Gasteiger partial charge in [0.1, 0.15) is 11.3 Å². The van der Waals surface area contributed by atoms with Crippen molar-refractivity contribution in [2.75, 3.05) is 6.54 Å². The average Bonchev–Trinajstić information content (AvgIpc) is 2.17. The van der Waals surface area contributed by atoms with Gasteiger partial charge in [0.15, 0.2) is 0 Å². The Kier molecular flexibility index (Phi) is 4.47. The highest BCUT2D eigenvalue weighted by Crippen LogP contribution is 2.24. The van der Waals surface area contributed by atoms with Gasteiger partial charge in [0.05, 0.1) is 6.10 Å². The Morgan fingerprint density at radius 2 is 2.13 bits per heavy atom. The number of aromatic nitrogens is 1. The lowest BCUT2D eigenvalue weighted by Crippen LogP contribution is -2.22. The number of aliphatic hydroxyl groups is 2. The first-order chi connectivity index (χ1) is 7.06. The van der Waals surface area contributed by atoms with Crippen molar-refractivity contribution in [1.29, 1.82) is 0 Å². The zero-order chi connectivity index (χ0) is 11.4. The van der Waals surface area contributed by atoms with E-state index in [9.17, 15) is 10.2 Å². The Morgan fingerprint density at radius 1 is 1.47 bits per heavy atom. The highest BCUT2D eigenvalue weighted by atomic mass is 35.5. The topological polar surface area (TPSA) is 79.4 Å². The van der Waals surface area contributed by atoms with Crippen LogP contribution in [0.5, 0.6) is 0 Å². The normalized spacial score (nSPS) is 15.0. The Balaban J connectivity index is 2.86. The first kappa shape index (κ1) is 12.4. The Hall–Kier alpha value is -0.680. The maximum absolute atomic E-state index is 9.76. The third-order valence-corrected chi connectivity index (χ3v) is 2.47. The minimum absolute atomic E-state index is 0.221. The molecule has 1 aromatic heterocycles. The van der Waals surface area contributed by atoms with E-state index < -0.39 is 12.2 Å². The maximum Gasteiger partial charge on any atom is 0.135 e. The zero-order valence-corrected chi connectivity index (χ0v) is 9.28. The SMILES string of the molecule is Cc1ccc(C(O)C(O)CCN)c(Cl)n1. The van der Waals surface area contributed by atoms with E-state index in [-0.39, 0.29) is 5.15 Å². The van der Waals surface area contributed by atoms with Crippen LogP contribution in [0.4, 0.5) is 0 Å². The molecule has 2 atom stereocenters. The largest absolute Gasteiger partial charge is 0.390 e. The van der Waals surface area contributed by atoms with Crippen molar-refractivity contribution < 1.29 is 10.2 Å². The molecule has 0 fully saturated rings. The number of halogens is 1. The van der Waals surface area contributed by atoms with E-state index >= 15 is 0 Å². The number of hydrogen-bond donors (Lipinski definition) is 3. The van der Waals surface area contributed by atoms with Crippen molar-refractivity contribution in [1.82, 2.24) is 4.98 Å². The van der Waals surface area contributed by atoms with E-state index in [0.29, 0.717) is 18.5 Å². The summed E-state index contributed by atoms with van der Waals surface area (Å²) in [5.74, 6) is 0. The first-order valence-corrected chi connectivity index (χ1v) is 5.13. The molecule has 4 nitrogen and oxygen atoms in total. The van der Waals surface area contributed by atoms with Gasteiger partial charge in [-0.1, -0.05) is 17.7 Å².